The highest BCUT2D eigenvalue weighted by Gasteiger charge is 2.19. The van der Waals surface area contributed by atoms with E-state index in [-0.39, 0.29) is 12.2 Å². The van der Waals surface area contributed by atoms with Gasteiger partial charge < -0.3 is 14.8 Å². The molecule has 0 spiro atoms. The van der Waals surface area contributed by atoms with Crippen LogP contribution in [0.3, 0.4) is 0 Å². The van der Waals surface area contributed by atoms with Gasteiger partial charge in [-0.1, -0.05) is 45.2 Å². The molecule has 0 saturated carbocycles. The van der Waals surface area contributed by atoms with E-state index in [0.29, 0.717) is 41.7 Å². The zero-order valence-electron chi connectivity index (χ0n) is 17.5. The largest absolute Gasteiger partial charge is 0.493 e. The number of ether oxygens (including phenoxy) is 2. The van der Waals surface area contributed by atoms with Gasteiger partial charge in [0.15, 0.2) is 11.5 Å². The lowest BCUT2D eigenvalue weighted by molar-refractivity contribution is -0.112. The Bertz CT molecular complexity index is 1310. The van der Waals surface area contributed by atoms with E-state index < -0.39 is 5.91 Å². The zero-order valence-corrected chi connectivity index (χ0v) is 23.7. The quantitative estimate of drug-likeness (QED) is 0.200. The van der Waals surface area contributed by atoms with E-state index in [9.17, 15) is 10.1 Å². The highest BCUT2D eigenvalue weighted by molar-refractivity contribution is 9.13. The minimum atomic E-state index is -0.535. The van der Waals surface area contributed by atoms with Crippen molar-refractivity contribution in [1.82, 2.24) is 0 Å². The number of rotatable bonds is 7. The minimum absolute atomic E-state index is 0.0814. The monoisotopic (exact) mass is 686 g/mol. The van der Waals surface area contributed by atoms with Crippen LogP contribution in [-0.2, 0) is 11.4 Å². The second-order valence-corrected chi connectivity index (χ2v) is 10.1. The number of hydrogen-bond acceptors (Lipinski definition) is 4. The first kappa shape index (κ1) is 26.6. The van der Waals surface area contributed by atoms with Crippen molar-refractivity contribution in [2.24, 2.45) is 0 Å². The smallest absolute Gasteiger partial charge is 0.266 e. The van der Waals surface area contributed by atoms with Crippen LogP contribution in [0, 0.1) is 11.3 Å². The fourth-order valence-corrected chi connectivity index (χ4v) is 4.35. The van der Waals surface area contributed by atoms with Gasteiger partial charge in [-0.05, 0) is 91.5 Å². The number of amides is 1. The summed E-state index contributed by atoms with van der Waals surface area (Å²) in [5.74, 6) is 0.314. The standard InChI is InChI=1S/C24H15Br3Cl2N2O3/c1-33-20-10-14(9-15(11-30)24(32)31-17-5-3-16(25)4-6-17)21(26)22(27)23(20)34-12-13-2-7-18(28)19(29)8-13/h2-10H,12H2,1H3,(H,31,32)/b15-9-. The molecule has 0 aliphatic heterocycles. The summed E-state index contributed by atoms with van der Waals surface area (Å²) in [6.07, 6.45) is 1.47. The van der Waals surface area contributed by atoms with Crippen LogP contribution < -0.4 is 14.8 Å². The van der Waals surface area contributed by atoms with Gasteiger partial charge in [0.25, 0.3) is 5.91 Å². The van der Waals surface area contributed by atoms with E-state index in [4.69, 9.17) is 32.7 Å². The Kier molecular flexibility index (Phi) is 9.46. The predicted molar refractivity (Wildman–Crippen MR) is 146 cm³/mol. The third-order valence-corrected chi connectivity index (χ3v) is 7.92. The lowest BCUT2D eigenvalue weighted by Gasteiger charge is -2.16. The van der Waals surface area contributed by atoms with Crippen molar-refractivity contribution >= 4 is 88.7 Å². The first-order chi connectivity index (χ1) is 16.2. The number of halogens is 5. The highest BCUT2D eigenvalue weighted by Crippen LogP contribution is 2.44. The molecule has 3 aromatic carbocycles. The summed E-state index contributed by atoms with van der Waals surface area (Å²) < 4.78 is 13.5. The number of carbonyl (C=O) groups is 1. The van der Waals surface area contributed by atoms with Gasteiger partial charge in [-0.3, -0.25) is 4.79 Å². The molecule has 34 heavy (non-hydrogen) atoms. The van der Waals surface area contributed by atoms with Crippen LogP contribution in [-0.4, -0.2) is 13.0 Å². The molecule has 0 aromatic heterocycles. The Morgan fingerprint density at radius 3 is 2.38 bits per heavy atom. The number of anilines is 1. The molecule has 0 heterocycles. The van der Waals surface area contributed by atoms with Crippen molar-refractivity contribution in [3.05, 3.63) is 88.7 Å². The van der Waals surface area contributed by atoms with Crippen molar-refractivity contribution in [2.75, 3.05) is 12.4 Å². The van der Waals surface area contributed by atoms with Gasteiger partial charge in [-0.2, -0.15) is 5.26 Å². The van der Waals surface area contributed by atoms with Crippen molar-refractivity contribution in [1.29, 1.82) is 5.26 Å². The highest BCUT2D eigenvalue weighted by atomic mass is 79.9. The van der Waals surface area contributed by atoms with E-state index in [0.717, 1.165) is 10.0 Å². The van der Waals surface area contributed by atoms with E-state index >= 15 is 0 Å². The number of benzene rings is 3. The predicted octanol–water partition coefficient (Wildman–Crippen LogP) is 8.41. The van der Waals surface area contributed by atoms with Crippen LogP contribution in [0.15, 0.2) is 67.5 Å². The second kappa shape index (κ2) is 12.1. The second-order valence-electron chi connectivity index (χ2n) is 6.79. The van der Waals surface area contributed by atoms with Gasteiger partial charge >= 0.3 is 0 Å². The third-order valence-electron chi connectivity index (χ3n) is 4.51. The van der Waals surface area contributed by atoms with Crippen LogP contribution in [0.1, 0.15) is 11.1 Å². The average Bonchev–Trinajstić information content (AvgIpc) is 2.82. The van der Waals surface area contributed by atoms with Gasteiger partial charge in [-0.15, -0.1) is 0 Å². The zero-order chi connectivity index (χ0) is 24.8. The van der Waals surface area contributed by atoms with Gasteiger partial charge in [-0.25, -0.2) is 0 Å². The third kappa shape index (κ3) is 6.55. The average molecular weight is 690 g/mol. The Labute approximate surface area is 232 Å². The molecule has 0 bridgehead atoms. The summed E-state index contributed by atoms with van der Waals surface area (Å²) in [5.41, 5.74) is 1.85. The van der Waals surface area contributed by atoms with E-state index in [2.05, 4.69) is 53.1 Å². The van der Waals surface area contributed by atoms with Crippen LogP contribution in [0.4, 0.5) is 5.69 Å². The number of hydrogen-bond donors (Lipinski definition) is 1. The summed E-state index contributed by atoms with van der Waals surface area (Å²) in [6, 6.07) is 15.9. The van der Waals surface area contributed by atoms with Crippen LogP contribution in [0.5, 0.6) is 11.5 Å². The molecule has 3 rings (SSSR count). The summed E-state index contributed by atoms with van der Waals surface area (Å²) in [4.78, 5) is 12.6. The minimum Gasteiger partial charge on any atom is -0.493 e. The summed E-state index contributed by atoms with van der Waals surface area (Å²) in [5, 5.41) is 13.2. The molecular formula is C24H15Br3Cl2N2O3. The fourth-order valence-electron chi connectivity index (χ4n) is 2.82. The van der Waals surface area contributed by atoms with Gasteiger partial charge in [0, 0.05) is 14.6 Å². The molecule has 5 nitrogen and oxygen atoms in total. The molecule has 0 unspecified atom stereocenters. The molecule has 10 heteroatoms. The lowest BCUT2D eigenvalue weighted by atomic mass is 10.1. The maximum absolute atomic E-state index is 12.6. The summed E-state index contributed by atoms with van der Waals surface area (Å²) in [6.45, 7) is 0.215. The molecule has 0 atom stereocenters. The summed E-state index contributed by atoms with van der Waals surface area (Å²) >= 11 is 22.4. The number of nitrogens with zero attached hydrogens (tertiary/aromatic N) is 1. The van der Waals surface area contributed by atoms with E-state index in [1.807, 2.05) is 12.1 Å². The Balaban J connectivity index is 1.87. The molecule has 1 amide bonds. The first-order valence-corrected chi connectivity index (χ1v) is 12.7. The molecule has 3 aromatic rings. The van der Waals surface area contributed by atoms with E-state index in [1.165, 1.54) is 13.2 Å². The number of methoxy groups -OCH3 is 1. The van der Waals surface area contributed by atoms with Crippen molar-refractivity contribution < 1.29 is 14.3 Å². The number of nitriles is 1. The molecule has 0 aliphatic carbocycles. The van der Waals surface area contributed by atoms with Crippen LogP contribution in [0.25, 0.3) is 6.08 Å². The SMILES string of the molecule is COc1cc(/C=C(/C#N)C(=O)Nc2ccc(Br)cc2)c(Br)c(Br)c1OCc1ccc(Cl)c(Cl)c1. The molecule has 0 aliphatic rings. The van der Waals surface area contributed by atoms with Crippen LogP contribution >= 0.6 is 71.0 Å². The van der Waals surface area contributed by atoms with Crippen molar-refractivity contribution in [2.45, 2.75) is 6.61 Å². The molecule has 0 saturated heterocycles. The maximum atomic E-state index is 12.6. The fraction of sp³-hybridized carbons (Fsp3) is 0.0833. The molecule has 0 fully saturated rings. The molecule has 1 N–H and O–H groups in total. The normalized spacial score (nSPS) is 11.0. The number of carbonyl (C=O) groups excluding carboxylic acids is 1. The Morgan fingerprint density at radius 2 is 1.76 bits per heavy atom. The molecule has 0 radical (unpaired) electrons. The lowest BCUT2D eigenvalue weighted by Crippen LogP contribution is -2.13. The topological polar surface area (TPSA) is 71.3 Å². The maximum Gasteiger partial charge on any atom is 0.266 e. The van der Waals surface area contributed by atoms with Gasteiger partial charge in [0.05, 0.1) is 21.6 Å². The van der Waals surface area contributed by atoms with Crippen molar-refractivity contribution in [3.8, 4) is 17.6 Å². The van der Waals surface area contributed by atoms with Gasteiger partial charge in [0.2, 0.25) is 0 Å². The molecule has 174 valence electrons. The van der Waals surface area contributed by atoms with E-state index in [1.54, 1.807) is 42.5 Å². The van der Waals surface area contributed by atoms with Crippen LogP contribution in [0.2, 0.25) is 10.0 Å². The first-order valence-electron chi connectivity index (χ1n) is 9.55. The molecular weight excluding hydrogens is 675 g/mol. The summed E-state index contributed by atoms with van der Waals surface area (Å²) in [7, 11) is 1.50. The Hall–Kier alpha value is -2.02. The van der Waals surface area contributed by atoms with Crippen molar-refractivity contribution in [3.63, 3.8) is 0 Å². The Morgan fingerprint density at radius 1 is 1.06 bits per heavy atom. The number of nitrogens with one attached hydrogen (secondary N) is 1. The van der Waals surface area contributed by atoms with Gasteiger partial charge in [0.1, 0.15) is 18.2 Å².